The maximum absolute atomic E-state index is 5.79. The molecule has 1 unspecified atom stereocenters. The van der Waals surface area contributed by atoms with Crippen molar-refractivity contribution in [2.75, 3.05) is 19.8 Å². The van der Waals surface area contributed by atoms with Crippen LogP contribution in [0.2, 0.25) is 0 Å². The molecule has 1 saturated heterocycles. The van der Waals surface area contributed by atoms with Crippen LogP contribution in [0, 0.1) is 12.8 Å². The third-order valence-corrected chi connectivity index (χ3v) is 3.12. The summed E-state index contributed by atoms with van der Waals surface area (Å²) >= 11 is 5.03. The van der Waals surface area contributed by atoms with E-state index in [-0.39, 0.29) is 0 Å². The topological polar surface area (TPSA) is 44.5 Å². The Labute approximate surface area is 107 Å². The molecule has 2 N–H and O–H groups in total. The molecular formula is C13H17NO2S. The van der Waals surface area contributed by atoms with Crippen LogP contribution < -0.4 is 10.5 Å². The molecular weight excluding hydrogens is 234 g/mol. The van der Waals surface area contributed by atoms with E-state index in [2.05, 4.69) is 0 Å². The van der Waals surface area contributed by atoms with Crippen molar-refractivity contribution < 1.29 is 9.47 Å². The maximum atomic E-state index is 5.79. The highest BCUT2D eigenvalue weighted by Crippen LogP contribution is 2.22. The zero-order valence-corrected chi connectivity index (χ0v) is 10.8. The van der Waals surface area contributed by atoms with E-state index in [0.29, 0.717) is 17.5 Å². The summed E-state index contributed by atoms with van der Waals surface area (Å²) in [5, 5.41) is 0. The first-order valence-corrected chi connectivity index (χ1v) is 6.18. The molecule has 1 aromatic rings. The van der Waals surface area contributed by atoms with Gasteiger partial charge in [0.2, 0.25) is 0 Å². The van der Waals surface area contributed by atoms with Gasteiger partial charge in [-0.15, -0.1) is 0 Å². The minimum atomic E-state index is 0.381. The number of hydrogen-bond donors (Lipinski definition) is 1. The van der Waals surface area contributed by atoms with Crippen LogP contribution in [0.5, 0.6) is 5.75 Å². The molecule has 1 aromatic carbocycles. The summed E-state index contributed by atoms with van der Waals surface area (Å²) in [5.74, 6) is 1.26. The van der Waals surface area contributed by atoms with E-state index < -0.39 is 0 Å². The summed E-state index contributed by atoms with van der Waals surface area (Å²) in [5.41, 5.74) is 7.64. The third kappa shape index (κ3) is 3.17. The van der Waals surface area contributed by atoms with Crippen molar-refractivity contribution in [1.29, 1.82) is 0 Å². The molecule has 1 fully saturated rings. The Balaban J connectivity index is 2.06. The second-order valence-corrected chi connectivity index (χ2v) is 4.84. The lowest BCUT2D eigenvalue weighted by atomic mass is 10.1. The summed E-state index contributed by atoms with van der Waals surface area (Å²) < 4.78 is 11.1. The standard InChI is InChI=1S/C13H17NO2S/c1-9-2-3-12(11(6-9)13(14)17)16-8-10-4-5-15-7-10/h2-3,6,10H,4-5,7-8H2,1H3,(H2,14,17). The van der Waals surface area contributed by atoms with E-state index in [0.717, 1.165) is 36.5 Å². The number of thiocarbonyl (C=S) groups is 1. The Kier molecular flexibility index (Phi) is 3.97. The first-order chi connectivity index (χ1) is 8.16. The Morgan fingerprint density at radius 1 is 1.59 bits per heavy atom. The van der Waals surface area contributed by atoms with Gasteiger partial charge in [-0.25, -0.2) is 0 Å². The summed E-state index contributed by atoms with van der Waals surface area (Å²) in [4.78, 5) is 0.381. The van der Waals surface area contributed by atoms with Crippen molar-refractivity contribution in [3.63, 3.8) is 0 Å². The predicted octanol–water partition coefficient (Wildman–Crippen LogP) is 2.04. The lowest BCUT2D eigenvalue weighted by molar-refractivity contribution is 0.167. The van der Waals surface area contributed by atoms with E-state index in [1.807, 2.05) is 25.1 Å². The van der Waals surface area contributed by atoms with Crippen LogP contribution in [0.4, 0.5) is 0 Å². The summed E-state index contributed by atoms with van der Waals surface area (Å²) in [6.45, 7) is 4.30. The normalized spacial score (nSPS) is 19.2. The predicted molar refractivity (Wildman–Crippen MR) is 71.5 cm³/mol. The smallest absolute Gasteiger partial charge is 0.129 e. The minimum Gasteiger partial charge on any atom is -0.492 e. The third-order valence-electron chi connectivity index (χ3n) is 2.90. The van der Waals surface area contributed by atoms with Crippen LogP contribution in [0.3, 0.4) is 0 Å². The largest absolute Gasteiger partial charge is 0.492 e. The van der Waals surface area contributed by atoms with E-state index in [9.17, 15) is 0 Å². The first kappa shape index (κ1) is 12.3. The van der Waals surface area contributed by atoms with E-state index in [1.165, 1.54) is 0 Å². The lowest BCUT2D eigenvalue weighted by Crippen LogP contribution is -2.16. The molecule has 0 aromatic heterocycles. The number of ether oxygens (including phenoxy) is 2. The molecule has 1 aliphatic heterocycles. The minimum absolute atomic E-state index is 0.381. The molecule has 0 bridgehead atoms. The molecule has 1 aliphatic rings. The van der Waals surface area contributed by atoms with Gasteiger partial charge in [0.15, 0.2) is 0 Å². The summed E-state index contributed by atoms with van der Waals surface area (Å²) in [6, 6.07) is 5.89. The molecule has 0 radical (unpaired) electrons. The second kappa shape index (κ2) is 5.47. The first-order valence-electron chi connectivity index (χ1n) is 5.78. The summed E-state index contributed by atoms with van der Waals surface area (Å²) in [7, 11) is 0. The fourth-order valence-corrected chi connectivity index (χ4v) is 2.04. The number of rotatable bonds is 4. The van der Waals surface area contributed by atoms with Gasteiger partial charge >= 0.3 is 0 Å². The second-order valence-electron chi connectivity index (χ2n) is 4.40. The Bertz CT molecular complexity index is 414. The number of hydrogen-bond acceptors (Lipinski definition) is 3. The Morgan fingerprint density at radius 2 is 2.41 bits per heavy atom. The average molecular weight is 251 g/mol. The summed E-state index contributed by atoms with van der Waals surface area (Å²) in [6.07, 6.45) is 1.06. The fraction of sp³-hybridized carbons (Fsp3) is 0.462. The van der Waals surface area contributed by atoms with Crippen molar-refractivity contribution in [2.24, 2.45) is 11.7 Å². The highest BCUT2D eigenvalue weighted by Gasteiger charge is 2.17. The molecule has 3 nitrogen and oxygen atoms in total. The fourth-order valence-electron chi connectivity index (χ4n) is 1.88. The van der Waals surface area contributed by atoms with Crippen LogP contribution >= 0.6 is 12.2 Å². The van der Waals surface area contributed by atoms with Crippen LogP contribution in [-0.4, -0.2) is 24.8 Å². The highest BCUT2D eigenvalue weighted by molar-refractivity contribution is 7.80. The number of nitrogens with two attached hydrogens (primary N) is 1. The van der Waals surface area contributed by atoms with Crippen molar-refractivity contribution in [3.8, 4) is 5.75 Å². The zero-order chi connectivity index (χ0) is 12.3. The Hall–Kier alpha value is -1.13. The van der Waals surface area contributed by atoms with Gasteiger partial charge in [-0.05, 0) is 25.5 Å². The molecule has 2 rings (SSSR count). The van der Waals surface area contributed by atoms with Crippen molar-refractivity contribution in [2.45, 2.75) is 13.3 Å². The molecule has 92 valence electrons. The number of benzene rings is 1. The highest BCUT2D eigenvalue weighted by atomic mass is 32.1. The van der Waals surface area contributed by atoms with Crippen LogP contribution in [-0.2, 0) is 4.74 Å². The van der Waals surface area contributed by atoms with Gasteiger partial charge in [-0.3, -0.25) is 0 Å². The van der Waals surface area contributed by atoms with Gasteiger partial charge in [0.1, 0.15) is 10.7 Å². The maximum Gasteiger partial charge on any atom is 0.129 e. The molecule has 0 spiro atoms. The van der Waals surface area contributed by atoms with Crippen molar-refractivity contribution in [3.05, 3.63) is 29.3 Å². The molecule has 1 atom stereocenters. The van der Waals surface area contributed by atoms with E-state index in [1.54, 1.807) is 0 Å². The van der Waals surface area contributed by atoms with Crippen molar-refractivity contribution >= 4 is 17.2 Å². The molecule has 1 heterocycles. The monoisotopic (exact) mass is 251 g/mol. The van der Waals surface area contributed by atoms with Gasteiger partial charge in [-0.2, -0.15) is 0 Å². The SMILES string of the molecule is Cc1ccc(OCC2CCOC2)c(C(N)=S)c1. The van der Waals surface area contributed by atoms with Crippen LogP contribution in [0.15, 0.2) is 18.2 Å². The molecule has 4 heteroatoms. The molecule has 0 amide bonds. The van der Waals surface area contributed by atoms with E-state index >= 15 is 0 Å². The van der Waals surface area contributed by atoms with Gasteiger partial charge in [-0.1, -0.05) is 23.8 Å². The van der Waals surface area contributed by atoms with Gasteiger partial charge in [0.05, 0.1) is 18.8 Å². The Morgan fingerprint density at radius 3 is 3.06 bits per heavy atom. The van der Waals surface area contributed by atoms with Crippen LogP contribution in [0.25, 0.3) is 0 Å². The van der Waals surface area contributed by atoms with Gasteiger partial charge in [0, 0.05) is 12.5 Å². The van der Waals surface area contributed by atoms with Gasteiger partial charge < -0.3 is 15.2 Å². The lowest BCUT2D eigenvalue weighted by Gasteiger charge is -2.14. The quantitative estimate of drug-likeness (QED) is 0.832. The molecule has 0 saturated carbocycles. The molecule has 17 heavy (non-hydrogen) atoms. The number of aryl methyl sites for hydroxylation is 1. The van der Waals surface area contributed by atoms with Crippen molar-refractivity contribution in [1.82, 2.24) is 0 Å². The van der Waals surface area contributed by atoms with Crippen LogP contribution in [0.1, 0.15) is 17.5 Å². The average Bonchev–Trinajstić information content (AvgIpc) is 2.80. The van der Waals surface area contributed by atoms with E-state index in [4.69, 9.17) is 27.4 Å². The molecule has 0 aliphatic carbocycles. The zero-order valence-electron chi connectivity index (χ0n) is 9.94. The van der Waals surface area contributed by atoms with Gasteiger partial charge in [0.25, 0.3) is 0 Å².